The van der Waals surface area contributed by atoms with Gasteiger partial charge in [0, 0.05) is 6.54 Å². The summed E-state index contributed by atoms with van der Waals surface area (Å²) in [4.78, 5) is 50.5. The molecule has 10 heteroatoms. The lowest BCUT2D eigenvalue weighted by Crippen LogP contribution is -2.50. The summed E-state index contributed by atoms with van der Waals surface area (Å²) >= 11 is 0. The third-order valence-corrected chi connectivity index (χ3v) is 6.22. The highest BCUT2D eigenvalue weighted by atomic mass is 19.1. The van der Waals surface area contributed by atoms with Crippen LogP contribution in [0.1, 0.15) is 55.3 Å². The molecule has 0 bridgehead atoms. The molecule has 1 aliphatic carbocycles. The van der Waals surface area contributed by atoms with Gasteiger partial charge in [0.1, 0.15) is 17.7 Å². The van der Waals surface area contributed by atoms with Gasteiger partial charge in [0.2, 0.25) is 18.2 Å². The van der Waals surface area contributed by atoms with Crippen molar-refractivity contribution in [3.63, 3.8) is 0 Å². The molecule has 1 aromatic carbocycles. The minimum absolute atomic E-state index is 0.183. The number of hydroxylamine groups is 2. The van der Waals surface area contributed by atoms with Gasteiger partial charge in [0.05, 0.1) is 18.0 Å². The summed E-state index contributed by atoms with van der Waals surface area (Å²) in [6.07, 6.45) is 5.62. The van der Waals surface area contributed by atoms with Crippen LogP contribution in [0.5, 0.6) is 0 Å². The quantitative estimate of drug-likeness (QED) is 0.273. The van der Waals surface area contributed by atoms with E-state index < -0.39 is 41.0 Å². The van der Waals surface area contributed by atoms with Crippen molar-refractivity contribution in [2.75, 3.05) is 13.1 Å². The monoisotopic (exact) mass is 451 g/mol. The summed E-state index contributed by atoms with van der Waals surface area (Å²) < 4.78 is 27.2. The number of carbonyl (C=O) groups excluding carboxylic acids is 4. The SMILES string of the molecule is O=CN(O)C[C@@H](CC1CCCC1)C(=O)N1CCC[C@H]1C(=O)NC(=O)c1cc(F)ccc1F. The molecule has 2 atom stereocenters. The molecule has 0 spiro atoms. The van der Waals surface area contributed by atoms with Gasteiger partial charge in [-0.3, -0.25) is 29.7 Å². The predicted molar refractivity (Wildman–Crippen MR) is 108 cm³/mol. The third kappa shape index (κ3) is 5.67. The van der Waals surface area contributed by atoms with Crippen LogP contribution in [0.15, 0.2) is 18.2 Å². The van der Waals surface area contributed by atoms with Crippen molar-refractivity contribution >= 4 is 24.1 Å². The van der Waals surface area contributed by atoms with Crippen LogP contribution in [-0.2, 0) is 14.4 Å². The number of halogens is 2. The largest absolute Gasteiger partial charge is 0.330 e. The Morgan fingerprint density at radius 3 is 2.59 bits per heavy atom. The van der Waals surface area contributed by atoms with E-state index in [1.165, 1.54) is 4.90 Å². The molecule has 1 heterocycles. The maximum absolute atomic E-state index is 13.8. The Morgan fingerprint density at radius 1 is 1.19 bits per heavy atom. The van der Waals surface area contributed by atoms with E-state index in [-0.39, 0.29) is 25.4 Å². The van der Waals surface area contributed by atoms with Crippen molar-refractivity contribution in [1.29, 1.82) is 0 Å². The third-order valence-electron chi connectivity index (χ3n) is 6.22. The predicted octanol–water partition coefficient (Wildman–Crippen LogP) is 2.26. The molecule has 0 radical (unpaired) electrons. The van der Waals surface area contributed by atoms with E-state index in [4.69, 9.17) is 0 Å². The number of nitrogens with one attached hydrogen (secondary N) is 1. The first kappa shape index (κ1) is 23.8. The summed E-state index contributed by atoms with van der Waals surface area (Å²) in [6, 6.07) is 1.40. The lowest BCUT2D eigenvalue weighted by atomic mass is 9.91. The van der Waals surface area contributed by atoms with Gasteiger partial charge in [-0.25, -0.2) is 13.8 Å². The van der Waals surface area contributed by atoms with Crippen molar-refractivity contribution in [1.82, 2.24) is 15.3 Å². The molecule has 2 N–H and O–H groups in total. The van der Waals surface area contributed by atoms with E-state index in [1.807, 2.05) is 0 Å². The number of carbonyl (C=O) groups is 4. The molecule has 0 aromatic heterocycles. The number of rotatable bonds is 8. The number of nitrogens with zero attached hydrogens (tertiary/aromatic N) is 2. The second-order valence-electron chi connectivity index (χ2n) is 8.44. The Bertz CT molecular complexity index is 875. The molecule has 1 saturated heterocycles. The fraction of sp³-hybridized carbons (Fsp3) is 0.545. The number of likely N-dealkylation sites (tertiary alicyclic amines) is 1. The highest BCUT2D eigenvalue weighted by Crippen LogP contribution is 2.32. The molecule has 1 saturated carbocycles. The molecule has 4 amide bonds. The van der Waals surface area contributed by atoms with E-state index in [9.17, 15) is 33.2 Å². The van der Waals surface area contributed by atoms with Crippen molar-refractivity contribution in [3.05, 3.63) is 35.4 Å². The first-order valence-corrected chi connectivity index (χ1v) is 10.8. The zero-order chi connectivity index (χ0) is 23.3. The zero-order valence-electron chi connectivity index (χ0n) is 17.6. The molecule has 3 rings (SSSR count). The lowest BCUT2D eigenvalue weighted by molar-refractivity contribution is -0.158. The number of amides is 4. The van der Waals surface area contributed by atoms with Gasteiger partial charge in [-0.1, -0.05) is 25.7 Å². The Morgan fingerprint density at radius 2 is 1.91 bits per heavy atom. The van der Waals surface area contributed by atoms with Crippen LogP contribution in [0.4, 0.5) is 8.78 Å². The molecule has 2 fully saturated rings. The Balaban J connectivity index is 1.70. The normalized spacial score (nSPS) is 19.6. The number of hydrogen-bond acceptors (Lipinski definition) is 5. The highest BCUT2D eigenvalue weighted by Gasteiger charge is 2.39. The van der Waals surface area contributed by atoms with Crippen LogP contribution in [0, 0.1) is 23.5 Å². The van der Waals surface area contributed by atoms with Crippen LogP contribution >= 0.6 is 0 Å². The van der Waals surface area contributed by atoms with Crippen molar-refractivity contribution < 1.29 is 33.2 Å². The number of imide groups is 1. The molecule has 174 valence electrons. The average molecular weight is 451 g/mol. The summed E-state index contributed by atoms with van der Waals surface area (Å²) in [7, 11) is 0. The molecule has 1 aliphatic heterocycles. The van der Waals surface area contributed by atoms with Crippen LogP contribution in [-0.4, -0.2) is 58.4 Å². The minimum atomic E-state index is -1.09. The van der Waals surface area contributed by atoms with Crippen LogP contribution in [0.3, 0.4) is 0 Å². The minimum Gasteiger partial charge on any atom is -0.330 e. The molecular weight excluding hydrogens is 424 g/mol. The summed E-state index contributed by atoms with van der Waals surface area (Å²) in [6.45, 7) is 0.101. The second-order valence-corrected chi connectivity index (χ2v) is 8.44. The maximum atomic E-state index is 13.8. The lowest BCUT2D eigenvalue weighted by Gasteiger charge is -2.30. The fourth-order valence-corrected chi connectivity index (χ4v) is 4.64. The van der Waals surface area contributed by atoms with E-state index in [0.717, 1.165) is 37.8 Å². The second kappa shape index (κ2) is 10.6. The van der Waals surface area contributed by atoms with Crippen LogP contribution in [0.25, 0.3) is 0 Å². The van der Waals surface area contributed by atoms with Gasteiger partial charge in [-0.2, -0.15) is 0 Å². The Kier molecular flexibility index (Phi) is 7.89. The van der Waals surface area contributed by atoms with E-state index in [0.29, 0.717) is 36.3 Å². The zero-order valence-corrected chi connectivity index (χ0v) is 17.6. The first-order valence-electron chi connectivity index (χ1n) is 10.8. The molecule has 32 heavy (non-hydrogen) atoms. The molecule has 1 aromatic rings. The topological polar surface area (TPSA) is 107 Å². The van der Waals surface area contributed by atoms with Crippen molar-refractivity contribution in [3.8, 4) is 0 Å². The average Bonchev–Trinajstić information content (AvgIpc) is 3.46. The van der Waals surface area contributed by atoms with Gasteiger partial charge in [0.25, 0.3) is 5.91 Å². The smallest absolute Gasteiger partial charge is 0.260 e. The molecule has 2 aliphatic rings. The van der Waals surface area contributed by atoms with E-state index >= 15 is 0 Å². The number of hydrogen-bond donors (Lipinski definition) is 2. The first-order chi connectivity index (χ1) is 15.3. The van der Waals surface area contributed by atoms with E-state index in [2.05, 4.69) is 5.32 Å². The Labute approximate surface area is 184 Å². The molecular formula is C22H27F2N3O5. The summed E-state index contributed by atoms with van der Waals surface area (Å²) in [5.74, 6) is -4.41. The van der Waals surface area contributed by atoms with E-state index in [1.54, 1.807) is 0 Å². The van der Waals surface area contributed by atoms with Gasteiger partial charge < -0.3 is 4.90 Å². The summed E-state index contributed by atoms with van der Waals surface area (Å²) in [5.41, 5.74) is -0.602. The highest BCUT2D eigenvalue weighted by molar-refractivity contribution is 6.07. The van der Waals surface area contributed by atoms with Crippen LogP contribution < -0.4 is 5.32 Å². The van der Waals surface area contributed by atoms with Crippen molar-refractivity contribution in [2.24, 2.45) is 11.8 Å². The fourth-order valence-electron chi connectivity index (χ4n) is 4.64. The summed E-state index contributed by atoms with van der Waals surface area (Å²) in [5, 5.41) is 12.2. The Hall–Kier alpha value is -2.88. The van der Waals surface area contributed by atoms with Crippen LogP contribution in [0.2, 0.25) is 0 Å². The molecule has 0 unspecified atom stereocenters. The van der Waals surface area contributed by atoms with Gasteiger partial charge >= 0.3 is 0 Å². The molecule has 8 nitrogen and oxygen atoms in total. The van der Waals surface area contributed by atoms with Gasteiger partial charge in [-0.05, 0) is 43.4 Å². The van der Waals surface area contributed by atoms with Gasteiger partial charge in [-0.15, -0.1) is 0 Å². The van der Waals surface area contributed by atoms with Crippen molar-refractivity contribution in [2.45, 2.75) is 51.0 Å². The maximum Gasteiger partial charge on any atom is 0.260 e. The number of benzene rings is 1. The standard InChI is InChI=1S/C22H27F2N3O5/c23-16-7-8-18(24)17(11-16)20(29)25-21(30)19-6-3-9-27(19)22(31)15(12-26(32)13-28)10-14-4-1-2-5-14/h7-8,11,13-15,19,32H,1-6,9-10,12H2,(H,25,29,30)/t15-,19+/m1/s1. The van der Waals surface area contributed by atoms with Gasteiger partial charge in [0.15, 0.2) is 0 Å².